The number of halogens is 1. The third-order valence-corrected chi connectivity index (χ3v) is 5.77. The van der Waals surface area contributed by atoms with Crippen molar-refractivity contribution in [1.29, 1.82) is 0 Å². The molecular formula is C22H29ClN4O4. The van der Waals surface area contributed by atoms with Crippen LogP contribution in [0.2, 0.25) is 5.02 Å². The molecule has 168 valence electrons. The predicted molar refractivity (Wildman–Crippen MR) is 118 cm³/mol. The van der Waals surface area contributed by atoms with Crippen molar-refractivity contribution in [3.63, 3.8) is 0 Å². The van der Waals surface area contributed by atoms with E-state index in [0.29, 0.717) is 37.6 Å². The summed E-state index contributed by atoms with van der Waals surface area (Å²) in [5.41, 5.74) is 0.811. The second-order valence-electron chi connectivity index (χ2n) is 7.71. The van der Waals surface area contributed by atoms with Gasteiger partial charge in [-0.25, -0.2) is 4.79 Å². The van der Waals surface area contributed by atoms with E-state index in [1.807, 2.05) is 21.9 Å². The van der Waals surface area contributed by atoms with Gasteiger partial charge in [-0.15, -0.1) is 5.06 Å². The van der Waals surface area contributed by atoms with Gasteiger partial charge in [-0.1, -0.05) is 23.7 Å². The molecule has 2 amide bonds. The van der Waals surface area contributed by atoms with Gasteiger partial charge in [0.05, 0.1) is 6.54 Å². The van der Waals surface area contributed by atoms with Crippen LogP contribution in [-0.2, 0) is 19.2 Å². The molecule has 2 fully saturated rings. The Hall–Kier alpha value is -2.42. The van der Waals surface area contributed by atoms with Crippen LogP contribution in [0.1, 0.15) is 18.9 Å². The maximum Gasteiger partial charge on any atom is 0.349 e. The summed E-state index contributed by atoms with van der Waals surface area (Å²) >= 11 is 5.94. The number of amides is 2. The van der Waals surface area contributed by atoms with Crippen molar-refractivity contribution < 1.29 is 19.2 Å². The van der Waals surface area contributed by atoms with E-state index in [2.05, 4.69) is 4.90 Å². The quantitative estimate of drug-likeness (QED) is 0.614. The zero-order valence-electron chi connectivity index (χ0n) is 17.8. The van der Waals surface area contributed by atoms with Gasteiger partial charge < -0.3 is 14.6 Å². The minimum Gasteiger partial charge on any atom is -0.364 e. The first-order valence-corrected chi connectivity index (χ1v) is 10.9. The lowest BCUT2D eigenvalue weighted by atomic mass is 10.2. The Morgan fingerprint density at radius 2 is 1.84 bits per heavy atom. The number of hydrogen-bond acceptors (Lipinski definition) is 6. The van der Waals surface area contributed by atoms with Gasteiger partial charge in [0.1, 0.15) is 0 Å². The number of carbonyl (C=O) groups is 3. The SMILES string of the molecule is CC(=O)N1CCN(CCN2CCN(OC(=O)/C=C/c3cccc(Cl)c3)CCC2=O)CC1. The van der Waals surface area contributed by atoms with Gasteiger partial charge in [0.15, 0.2) is 0 Å². The van der Waals surface area contributed by atoms with Crippen molar-refractivity contribution in [1.82, 2.24) is 19.8 Å². The molecule has 1 aromatic carbocycles. The van der Waals surface area contributed by atoms with Crippen molar-refractivity contribution >= 4 is 35.5 Å². The monoisotopic (exact) mass is 448 g/mol. The fourth-order valence-corrected chi connectivity index (χ4v) is 3.85. The number of nitrogens with zero attached hydrogens (tertiary/aromatic N) is 4. The lowest BCUT2D eigenvalue weighted by molar-refractivity contribution is -0.183. The van der Waals surface area contributed by atoms with E-state index in [1.165, 1.54) is 6.08 Å². The van der Waals surface area contributed by atoms with Gasteiger partial charge in [0, 0.05) is 76.8 Å². The van der Waals surface area contributed by atoms with Gasteiger partial charge >= 0.3 is 5.97 Å². The molecule has 2 saturated heterocycles. The van der Waals surface area contributed by atoms with E-state index >= 15 is 0 Å². The summed E-state index contributed by atoms with van der Waals surface area (Å²) in [6, 6.07) is 7.18. The molecule has 1 aromatic rings. The summed E-state index contributed by atoms with van der Waals surface area (Å²) in [6.07, 6.45) is 3.32. The van der Waals surface area contributed by atoms with Crippen LogP contribution in [0, 0.1) is 0 Å². The Morgan fingerprint density at radius 3 is 2.55 bits per heavy atom. The van der Waals surface area contributed by atoms with E-state index in [1.54, 1.807) is 30.2 Å². The number of rotatable bonds is 6. The minimum atomic E-state index is -0.482. The molecule has 0 bridgehead atoms. The molecule has 0 radical (unpaired) electrons. The first-order chi connectivity index (χ1) is 14.9. The lowest BCUT2D eigenvalue weighted by Gasteiger charge is -2.35. The van der Waals surface area contributed by atoms with Crippen LogP contribution in [0.5, 0.6) is 0 Å². The Morgan fingerprint density at radius 1 is 1.06 bits per heavy atom. The number of hydroxylamine groups is 2. The molecule has 0 unspecified atom stereocenters. The smallest absolute Gasteiger partial charge is 0.349 e. The van der Waals surface area contributed by atoms with Gasteiger partial charge in [-0.3, -0.25) is 14.5 Å². The number of benzene rings is 1. The molecule has 2 aliphatic rings. The minimum absolute atomic E-state index is 0.0652. The molecule has 0 spiro atoms. The third kappa shape index (κ3) is 7.34. The van der Waals surface area contributed by atoms with Gasteiger partial charge in [-0.2, -0.15) is 0 Å². The Labute approximate surface area is 187 Å². The summed E-state index contributed by atoms with van der Waals surface area (Å²) < 4.78 is 0. The van der Waals surface area contributed by atoms with Crippen LogP contribution in [0.4, 0.5) is 0 Å². The van der Waals surface area contributed by atoms with Gasteiger partial charge in [-0.05, 0) is 23.8 Å². The average molecular weight is 449 g/mol. The number of hydrogen-bond donors (Lipinski definition) is 0. The Balaban J connectivity index is 1.42. The van der Waals surface area contributed by atoms with E-state index in [9.17, 15) is 14.4 Å². The Bertz CT molecular complexity index is 823. The van der Waals surface area contributed by atoms with E-state index in [4.69, 9.17) is 16.4 Å². The van der Waals surface area contributed by atoms with Crippen molar-refractivity contribution in [2.45, 2.75) is 13.3 Å². The average Bonchev–Trinajstić information content (AvgIpc) is 2.92. The van der Waals surface area contributed by atoms with Gasteiger partial charge in [0.2, 0.25) is 11.8 Å². The molecule has 0 aliphatic carbocycles. The second kappa shape index (κ2) is 11.3. The Kier molecular flexibility index (Phi) is 8.45. The van der Waals surface area contributed by atoms with Crippen molar-refractivity contribution in [3.8, 4) is 0 Å². The van der Waals surface area contributed by atoms with Crippen molar-refractivity contribution in [2.75, 3.05) is 58.9 Å². The van der Waals surface area contributed by atoms with E-state index < -0.39 is 5.97 Å². The molecule has 31 heavy (non-hydrogen) atoms. The summed E-state index contributed by atoms with van der Waals surface area (Å²) in [6.45, 7) is 7.48. The molecule has 2 aliphatic heterocycles. The van der Waals surface area contributed by atoms with E-state index in [0.717, 1.165) is 38.3 Å². The van der Waals surface area contributed by atoms with Crippen LogP contribution < -0.4 is 0 Å². The van der Waals surface area contributed by atoms with Crippen LogP contribution in [0.25, 0.3) is 6.08 Å². The van der Waals surface area contributed by atoms with E-state index in [-0.39, 0.29) is 11.8 Å². The number of carbonyl (C=O) groups excluding carboxylic acids is 3. The summed E-state index contributed by atoms with van der Waals surface area (Å²) in [5, 5.41) is 2.15. The number of piperazine rings is 1. The maximum absolute atomic E-state index is 12.5. The molecule has 0 atom stereocenters. The molecular weight excluding hydrogens is 420 g/mol. The van der Waals surface area contributed by atoms with Crippen LogP contribution in [0.15, 0.2) is 30.3 Å². The zero-order chi connectivity index (χ0) is 22.2. The van der Waals surface area contributed by atoms with Crippen LogP contribution >= 0.6 is 11.6 Å². The van der Waals surface area contributed by atoms with Crippen LogP contribution in [-0.4, -0.2) is 96.4 Å². The van der Waals surface area contributed by atoms with Gasteiger partial charge in [0.25, 0.3) is 0 Å². The molecule has 9 heteroatoms. The zero-order valence-corrected chi connectivity index (χ0v) is 18.6. The highest BCUT2D eigenvalue weighted by Crippen LogP contribution is 2.12. The molecule has 0 saturated carbocycles. The highest BCUT2D eigenvalue weighted by molar-refractivity contribution is 6.30. The fraction of sp³-hybridized carbons (Fsp3) is 0.500. The highest BCUT2D eigenvalue weighted by atomic mass is 35.5. The van der Waals surface area contributed by atoms with Crippen molar-refractivity contribution in [3.05, 3.63) is 40.9 Å². The fourth-order valence-electron chi connectivity index (χ4n) is 3.66. The first-order valence-electron chi connectivity index (χ1n) is 10.6. The predicted octanol–water partition coefficient (Wildman–Crippen LogP) is 1.51. The van der Waals surface area contributed by atoms with Crippen LogP contribution in [0.3, 0.4) is 0 Å². The molecule has 0 N–H and O–H groups in total. The molecule has 0 aromatic heterocycles. The normalized spacial score (nSPS) is 19.0. The lowest BCUT2D eigenvalue weighted by Crippen LogP contribution is -2.50. The second-order valence-corrected chi connectivity index (χ2v) is 8.14. The molecule has 8 nitrogen and oxygen atoms in total. The highest BCUT2D eigenvalue weighted by Gasteiger charge is 2.24. The molecule has 3 rings (SSSR count). The maximum atomic E-state index is 12.5. The third-order valence-electron chi connectivity index (χ3n) is 5.53. The van der Waals surface area contributed by atoms with Crippen molar-refractivity contribution in [2.24, 2.45) is 0 Å². The topological polar surface area (TPSA) is 73.4 Å². The molecule has 2 heterocycles. The summed E-state index contributed by atoms with van der Waals surface area (Å²) in [7, 11) is 0. The first kappa shape index (κ1) is 23.2. The summed E-state index contributed by atoms with van der Waals surface area (Å²) in [4.78, 5) is 47.4. The summed E-state index contributed by atoms with van der Waals surface area (Å²) in [5.74, 6) is -0.306. The standard InChI is InChI=1S/C22H29ClN4O4/c1-18(28)25-12-9-24(10-13-25)11-14-26-15-16-27(8-7-21(26)29)31-22(30)6-5-19-3-2-4-20(23)17-19/h2-6,17H,7-16H2,1H3/b6-5+. The largest absolute Gasteiger partial charge is 0.364 e.